The first-order valence-corrected chi connectivity index (χ1v) is 8.71. The van der Waals surface area contributed by atoms with E-state index in [2.05, 4.69) is 20.7 Å². The zero-order valence-corrected chi connectivity index (χ0v) is 14.2. The molecule has 0 bridgehead atoms. The Labute approximate surface area is 136 Å². The second-order valence-corrected chi connectivity index (χ2v) is 7.48. The Morgan fingerprint density at radius 3 is 2.57 bits per heavy atom. The highest BCUT2D eigenvalue weighted by atomic mass is 79.9. The minimum Gasteiger partial charge on any atom is -0.389 e. The molecule has 2 N–H and O–H groups in total. The fourth-order valence-corrected chi connectivity index (χ4v) is 3.63. The number of rotatable bonds is 4. The van der Waals surface area contributed by atoms with Gasteiger partial charge in [0.05, 0.1) is 21.7 Å². The van der Waals surface area contributed by atoms with Crippen molar-refractivity contribution in [3.05, 3.63) is 57.5 Å². The fourth-order valence-electron chi connectivity index (χ4n) is 1.72. The molecule has 0 aromatic heterocycles. The molecule has 0 heterocycles. The van der Waals surface area contributed by atoms with E-state index in [0.29, 0.717) is 16.3 Å². The summed E-state index contributed by atoms with van der Waals surface area (Å²) in [6.07, 6.45) is -0.739. The number of nitrogens with one attached hydrogen (secondary N) is 1. The smallest absolute Gasteiger partial charge is 0.261 e. The molecule has 21 heavy (non-hydrogen) atoms. The van der Waals surface area contributed by atoms with Gasteiger partial charge in [0, 0.05) is 4.47 Å². The highest BCUT2D eigenvalue weighted by molar-refractivity contribution is 9.10. The SMILES string of the molecule is CC(O)c1cccc(S(=O)(=O)Nc2ccc(Br)cc2Cl)c1. The van der Waals surface area contributed by atoms with Crippen LogP contribution in [0.5, 0.6) is 0 Å². The van der Waals surface area contributed by atoms with Crippen LogP contribution in [-0.2, 0) is 10.0 Å². The molecule has 0 aliphatic rings. The lowest BCUT2D eigenvalue weighted by Crippen LogP contribution is -2.13. The lowest BCUT2D eigenvalue weighted by molar-refractivity contribution is 0.199. The van der Waals surface area contributed by atoms with Crippen molar-refractivity contribution in [2.75, 3.05) is 4.72 Å². The monoisotopic (exact) mass is 389 g/mol. The van der Waals surface area contributed by atoms with Gasteiger partial charge in [-0.25, -0.2) is 8.42 Å². The minimum absolute atomic E-state index is 0.0693. The van der Waals surface area contributed by atoms with Gasteiger partial charge in [0.1, 0.15) is 0 Å². The van der Waals surface area contributed by atoms with E-state index in [9.17, 15) is 13.5 Å². The second-order valence-electron chi connectivity index (χ2n) is 4.48. The molecule has 0 saturated heterocycles. The average Bonchev–Trinajstić information content (AvgIpc) is 2.42. The van der Waals surface area contributed by atoms with Crippen molar-refractivity contribution in [3.8, 4) is 0 Å². The van der Waals surface area contributed by atoms with Crippen molar-refractivity contribution < 1.29 is 13.5 Å². The summed E-state index contributed by atoms with van der Waals surface area (Å²) in [5.41, 5.74) is 0.821. The molecule has 2 aromatic carbocycles. The molecular formula is C14H13BrClNO3S. The molecule has 1 unspecified atom stereocenters. The highest BCUT2D eigenvalue weighted by Gasteiger charge is 2.17. The molecular weight excluding hydrogens is 378 g/mol. The van der Waals surface area contributed by atoms with Gasteiger partial charge in [0.15, 0.2) is 0 Å². The van der Waals surface area contributed by atoms with Gasteiger partial charge in [-0.3, -0.25) is 4.72 Å². The Morgan fingerprint density at radius 2 is 1.95 bits per heavy atom. The van der Waals surface area contributed by atoms with Gasteiger partial charge in [-0.1, -0.05) is 39.7 Å². The minimum atomic E-state index is -3.77. The van der Waals surface area contributed by atoms with Gasteiger partial charge >= 0.3 is 0 Å². The summed E-state index contributed by atoms with van der Waals surface area (Å²) in [7, 11) is -3.77. The van der Waals surface area contributed by atoms with Crippen molar-refractivity contribution in [2.24, 2.45) is 0 Å². The van der Waals surface area contributed by atoms with Gasteiger partial charge < -0.3 is 5.11 Å². The van der Waals surface area contributed by atoms with Gasteiger partial charge in [-0.05, 0) is 42.8 Å². The molecule has 0 spiro atoms. The summed E-state index contributed by atoms with van der Waals surface area (Å²) in [6, 6.07) is 11.0. The summed E-state index contributed by atoms with van der Waals surface area (Å²) >= 11 is 9.26. The highest BCUT2D eigenvalue weighted by Crippen LogP contribution is 2.28. The first kappa shape index (κ1) is 16.3. The maximum atomic E-state index is 12.4. The van der Waals surface area contributed by atoms with Gasteiger partial charge in [0.25, 0.3) is 10.0 Å². The van der Waals surface area contributed by atoms with E-state index in [1.165, 1.54) is 12.1 Å². The van der Waals surface area contributed by atoms with E-state index >= 15 is 0 Å². The number of sulfonamides is 1. The molecule has 7 heteroatoms. The summed E-state index contributed by atoms with van der Waals surface area (Å²) in [5.74, 6) is 0. The molecule has 2 aromatic rings. The van der Waals surface area contributed by atoms with Crippen LogP contribution in [0.2, 0.25) is 5.02 Å². The first-order valence-electron chi connectivity index (χ1n) is 6.05. The normalized spacial score (nSPS) is 13.0. The second kappa shape index (κ2) is 6.36. The molecule has 0 saturated carbocycles. The van der Waals surface area contributed by atoms with Crippen LogP contribution in [0.25, 0.3) is 0 Å². The Morgan fingerprint density at radius 1 is 1.24 bits per heavy atom. The molecule has 0 amide bonds. The maximum absolute atomic E-state index is 12.4. The van der Waals surface area contributed by atoms with E-state index < -0.39 is 16.1 Å². The predicted molar refractivity (Wildman–Crippen MR) is 87.0 cm³/mol. The number of benzene rings is 2. The zero-order chi connectivity index (χ0) is 15.6. The lowest BCUT2D eigenvalue weighted by Gasteiger charge is -2.11. The number of aliphatic hydroxyl groups excluding tert-OH is 1. The van der Waals surface area contributed by atoms with Crippen LogP contribution in [-0.4, -0.2) is 13.5 Å². The molecule has 0 fully saturated rings. The molecule has 0 aliphatic carbocycles. The average molecular weight is 391 g/mol. The molecule has 1 atom stereocenters. The van der Waals surface area contributed by atoms with Crippen molar-refractivity contribution in [1.29, 1.82) is 0 Å². The van der Waals surface area contributed by atoms with Crippen LogP contribution < -0.4 is 4.72 Å². The molecule has 2 rings (SSSR count). The largest absolute Gasteiger partial charge is 0.389 e. The topological polar surface area (TPSA) is 66.4 Å². The number of hydrogen-bond acceptors (Lipinski definition) is 3. The van der Waals surface area contributed by atoms with E-state index in [-0.39, 0.29) is 4.90 Å². The third-order valence-corrected chi connectivity index (χ3v) is 5.00. The summed E-state index contributed by atoms with van der Waals surface area (Å²) in [5, 5.41) is 9.83. The number of hydrogen-bond donors (Lipinski definition) is 2. The Kier molecular flexibility index (Phi) is 4.93. The van der Waals surface area contributed by atoms with Crippen LogP contribution in [0.1, 0.15) is 18.6 Å². The third kappa shape index (κ3) is 3.97. The van der Waals surface area contributed by atoms with Gasteiger partial charge in [-0.15, -0.1) is 0 Å². The zero-order valence-electron chi connectivity index (χ0n) is 11.0. The molecule has 112 valence electrons. The summed E-state index contributed by atoms with van der Waals surface area (Å²) < 4.78 is 27.9. The quantitative estimate of drug-likeness (QED) is 0.830. The van der Waals surface area contributed by atoms with Crippen molar-refractivity contribution in [2.45, 2.75) is 17.9 Å². The van der Waals surface area contributed by atoms with E-state index in [0.717, 1.165) is 4.47 Å². The Bertz CT molecular complexity index is 763. The van der Waals surface area contributed by atoms with Crippen LogP contribution in [0.3, 0.4) is 0 Å². The lowest BCUT2D eigenvalue weighted by atomic mass is 10.1. The van der Waals surface area contributed by atoms with Crippen LogP contribution in [0, 0.1) is 0 Å². The molecule has 0 aliphatic heterocycles. The first-order chi connectivity index (χ1) is 9.79. The van der Waals surface area contributed by atoms with Crippen LogP contribution in [0.4, 0.5) is 5.69 Å². The third-order valence-electron chi connectivity index (χ3n) is 2.83. The standard InChI is InChI=1S/C14H13BrClNO3S/c1-9(18)10-3-2-4-12(7-10)21(19,20)17-14-6-5-11(15)8-13(14)16/h2-9,17-18H,1H3. The van der Waals surface area contributed by atoms with E-state index in [1.54, 1.807) is 37.3 Å². The summed E-state index contributed by atoms with van der Waals surface area (Å²) in [6.45, 7) is 1.57. The fraction of sp³-hybridized carbons (Fsp3) is 0.143. The predicted octanol–water partition coefficient (Wildman–Crippen LogP) is 3.96. The molecule has 4 nitrogen and oxygen atoms in total. The van der Waals surface area contributed by atoms with Crippen molar-refractivity contribution in [1.82, 2.24) is 0 Å². The number of aliphatic hydroxyl groups is 1. The number of anilines is 1. The van der Waals surface area contributed by atoms with Gasteiger partial charge in [-0.2, -0.15) is 0 Å². The van der Waals surface area contributed by atoms with Crippen molar-refractivity contribution >= 4 is 43.2 Å². The number of halogens is 2. The Hall–Kier alpha value is -1.08. The van der Waals surface area contributed by atoms with Crippen LogP contribution >= 0.6 is 27.5 Å². The van der Waals surface area contributed by atoms with Crippen molar-refractivity contribution in [3.63, 3.8) is 0 Å². The molecule has 0 radical (unpaired) electrons. The van der Waals surface area contributed by atoms with E-state index in [4.69, 9.17) is 11.6 Å². The van der Waals surface area contributed by atoms with E-state index in [1.807, 2.05) is 0 Å². The van der Waals surface area contributed by atoms with Crippen LogP contribution in [0.15, 0.2) is 51.8 Å². The Balaban J connectivity index is 2.36. The maximum Gasteiger partial charge on any atom is 0.261 e. The van der Waals surface area contributed by atoms with Gasteiger partial charge in [0.2, 0.25) is 0 Å². The summed E-state index contributed by atoms with van der Waals surface area (Å²) in [4.78, 5) is 0.0693.